The first-order chi connectivity index (χ1) is 8.52. The van der Waals surface area contributed by atoms with E-state index in [1.54, 1.807) is 18.2 Å². The van der Waals surface area contributed by atoms with E-state index in [2.05, 4.69) is 5.32 Å². The number of benzene rings is 1. The Balaban J connectivity index is 2.47. The minimum absolute atomic E-state index is 0.165. The zero-order valence-electron chi connectivity index (χ0n) is 10.2. The number of nitrogens with one attached hydrogen (secondary N) is 1. The lowest BCUT2D eigenvalue weighted by Gasteiger charge is -2.11. The van der Waals surface area contributed by atoms with Crippen LogP contribution in [0, 0.1) is 0 Å². The first-order valence-electron chi connectivity index (χ1n) is 5.91. The van der Waals surface area contributed by atoms with E-state index in [9.17, 15) is 9.90 Å². The Morgan fingerprint density at radius 3 is 2.83 bits per heavy atom. The molecule has 0 fully saturated rings. The minimum atomic E-state index is -0.492. The largest absolute Gasteiger partial charge is 0.391 e. The van der Waals surface area contributed by atoms with E-state index in [-0.39, 0.29) is 18.9 Å². The van der Waals surface area contributed by atoms with Crippen molar-refractivity contribution in [1.29, 1.82) is 0 Å². The highest BCUT2D eigenvalue weighted by atomic mass is 35.5. The van der Waals surface area contributed by atoms with Crippen LogP contribution in [0.5, 0.6) is 0 Å². The molecule has 0 saturated heterocycles. The Bertz CT molecular complexity index is 410. The van der Waals surface area contributed by atoms with Crippen molar-refractivity contribution in [1.82, 2.24) is 5.32 Å². The van der Waals surface area contributed by atoms with E-state index >= 15 is 0 Å². The molecule has 1 unspecified atom stereocenters. The van der Waals surface area contributed by atoms with Gasteiger partial charge >= 0.3 is 0 Å². The normalized spacial score (nSPS) is 12.2. The fourth-order valence-corrected chi connectivity index (χ4v) is 1.96. The first-order valence-corrected chi connectivity index (χ1v) is 6.67. The van der Waals surface area contributed by atoms with Gasteiger partial charge in [-0.25, -0.2) is 0 Å². The monoisotopic (exact) mass is 289 g/mol. The van der Waals surface area contributed by atoms with Crippen LogP contribution < -0.4 is 5.32 Å². The lowest BCUT2D eigenvalue weighted by molar-refractivity contribution is -0.120. The van der Waals surface area contributed by atoms with Crippen molar-refractivity contribution < 1.29 is 9.90 Å². The standard InChI is InChI=1S/C13H17Cl2NO2/c1-2-3-11(17)8-16-13(18)7-9-6-10(14)4-5-12(9)15/h4-6,11,17H,2-3,7-8H2,1H3,(H,16,18). The van der Waals surface area contributed by atoms with Gasteiger partial charge in [0.05, 0.1) is 12.5 Å². The van der Waals surface area contributed by atoms with Crippen molar-refractivity contribution in [3.63, 3.8) is 0 Å². The number of hydrogen-bond donors (Lipinski definition) is 2. The predicted molar refractivity (Wildman–Crippen MR) is 74.1 cm³/mol. The molecule has 0 saturated carbocycles. The van der Waals surface area contributed by atoms with Crippen LogP contribution in [0.25, 0.3) is 0 Å². The Morgan fingerprint density at radius 1 is 1.44 bits per heavy atom. The molecule has 100 valence electrons. The maximum atomic E-state index is 11.7. The number of hydrogen-bond acceptors (Lipinski definition) is 2. The van der Waals surface area contributed by atoms with Crippen molar-refractivity contribution in [2.24, 2.45) is 0 Å². The second-order valence-electron chi connectivity index (χ2n) is 4.16. The van der Waals surface area contributed by atoms with Crippen molar-refractivity contribution in [2.45, 2.75) is 32.3 Å². The van der Waals surface area contributed by atoms with Gasteiger partial charge < -0.3 is 10.4 Å². The van der Waals surface area contributed by atoms with Gasteiger partial charge in [-0.3, -0.25) is 4.79 Å². The Labute approximate surface area is 117 Å². The Hall–Kier alpha value is -0.770. The number of aliphatic hydroxyl groups excluding tert-OH is 1. The van der Waals surface area contributed by atoms with E-state index in [1.165, 1.54) is 0 Å². The highest BCUT2D eigenvalue weighted by molar-refractivity contribution is 6.33. The SMILES string of the molecule is CCCC(O)CNC(=O)Cc1cc(Cl)ccc1Cl. The molecule has 1 aromatic carbocycles. The van der Waals surface area contributed by atoms with E-state index in [0.29, 0.717) is 22.0 Å². The summed E-state index contributed by atoms with van der Waals surface area (Å²) in [6.45, 7) is 2.25. The minimum Gasteiger partial charge on any atom is -0.391 e. The molecule has 0 heterocycles. The van der Waals surface area contributed by atoms with Gasteiger partial charge in [0.25, 0.3) is 0 Å². The molecule has 18 heavy (non-hydrogen) atoms. The van der Waals surface area contributed by atoms with Gasteiger partial charge in [-0.2, -0.15) is 0 Å². The van der Waals surface area contributed by atoms with Crippen LogP contribution >= 0.6 is 23.2 Å². The average molecular weight is 290 g/mol. The topological polar surface area (TPSA) is 49.3 Å². The zero-order valence-corrected chi connectivity index (χ0v) is 11.8. The molecule has 1 rings (SSSR count). The predicted octanol–water partition coefficient (Wildman–Crippen LogP) is 2.81. The highest BCUT2D eigenvalue weighted by Gasteiger charge is 2.09. The molecule has 0 radical (unpaired) electrons. The molecule has 5 heteroatoms. The lowest BCUT2D eigenvalue weighted by atomic mass is 10.1. The van der Waals surface area contributed by atoms with E-state index in [4.69, 9.17) is 23.2 Å². The van der Waals surface area contributed by atoms with Crippen LogP contribution in [-0.2, 0) is 11.2 Å². The van der Waals surface area contributed by atoms with Crippen LogP contribution in [0.3, 0.4) is 0 Å². The zero-order chi connectivity index (χ0) is 13.5. The molecule has 0 aliphatic heterocycles. The summed E-state index contributed by atoms with van der Waals surface area (Å²) in [4.78, 5) is 11.7. The second-order valence-corrected chi connectivity index (χ2v) is 5.00. The molecule has 0 aromatic heterocycles. The smallest absolute Gasteiger partial charge is 0.224 e. The fraction of sp³-hybridized carbons (Fsp3) is 0.462. The lowest BCUT2D eigenvalue weighted by Crippen LogP contribution is -2.33. The summed E-state index contributed by atoms with van der Waals surface area (Å²) in [5.41, 5.74) is 0.687. The molecule has 1 aromatic rings. The number of carbonyl (C=O) groups excluding carboxylic acids is 1. The van der Waals surface area contributed by atoms with Gasteiger partial charge in [-0.15, -0.1) is 0 Å². The van der Waals surface area contributed by atoms with Crippen LogP contribution in [-0.4, -0.2) is 23.7 Å². The van der Waals surface area contributed by atoms with Crippen LogP contribution in [0.4, 0.5) is 0 Å². The summed E-state index contributed by atoms with van der Waals surface area (Å²) in [5, 5.41) is 13.2. The maximum absolute atomic E-state index is 11.7. The molecule has 1 atom stereocenters. The van der Waals surface area contributed by atoms with E-state index in [1.807, 2.05) is 6.92 Å². The van der Waals surface area contributed by atoms with E-state index in [0.717, 1.165) is 6.42 Å². The molecule has 1 amide bonds. The van der Waals surface area contributed by atoms with Crippen molar-refractivity contribution in [2.75, 3.05) is 6.54 Å². The molecule has 0 bridgehead atoms. The number of carbonyl (C=O) groups is 1. The summed E-state index contributed by atoms with van der Waals surface area (Å²) >= 11 is 11.8. The molecule has 0 aliphatic carbocycles. The first kappa shape index (κ1) is 15.3. The molecular weight excluding hydrogens is 273 g/mol. The van der Waals surface area contributed by atoms with Gasteiger partial charge in [0.2, 0.25) is 5.91 Å². The van der Waals surface area contributed by atoms with Gasteiger partial charge in [0.15, 0.2) is 0 Å². The number of amides is 1. The molecular formula is C13H17Cl2NO2. The third-order valence-corrected chi connectivity index (χ3v) is 3.12. The molecule has 2 N–H and O–H groups in total. The number of halogens is 2. The fourth-order valence-electron chi connectivity index (χ4n) is 1.58. The van der Waals surface area contributed by atoms with Crippen molar-refractivity contribution in [3.05, 3.63) is 33.8 Å². The third kappa shape index (κ3) is 5.25. The van der Waals surface area contributed by atoms with Crippen LogP contribution in [0.2, 0.25) is 10.0 Å². The van der Waals surface area contributed by atoms with Crippen molar-refractivity contribution >= 4 is 29.1 Å². The quantitative estimate of drug-likeness (QED) is 0.846. The summed E-state index contributed by atoms with van der Waals surface area (Å²) in [6.07, 6.45) is 1.24. The molecule has 0 aliphatic rings. The van der Waals surface area contributed by atoms with E-state index < -0.39 is 6.10 Å². The third-order valence-electron chi connectivity index (χ3n) is 2.52. The average Bonchev–Trinajstić information content (AvgIpc) is 2.32. The summed E-state index contributed by atoms with van der Waals surface area (Å²) < 4.78 is 0. The number of aliphatic hydroxyl groups is 1. The summed E-state index contributed by atoms with van der Waals surface area (Å²) in [5.74, 6) is -0.172. The molecule has 0 spiro atoms. The summed E-state index contributed by atoms with van der Waals surface area (Å²) in [6, 6.07) is 5.01. The van der Waals surface area contributed by atoms with Crippen molar-refractivity contribution in [3.8, 4) is 0 Å². The van der Waals surface area contributed by atoms with Crippen LogP contribution in [0.1, 0.15) is 25.3 Å². The summed E-state index contributed by atoms with van der Waals surface area (Å²) in [7, 11) is 0. The Morgan fingerprint density at radius 2 is 2.17 bits per heavy atom. The molecule has 3 nitrogen and oxygen atoms in total. The van der Waals surface area contributed by atoms with Crippen LogP contribution in [0.15, 0.2) is 18.2 Å². The Kier molecular flexibility index (Phi) is 6.47. The highest BCUT2D eigenvalue weighted by Crippen LogP contribution is 2.20. The maximum Gasteiger partial charge on any atom is 0.224 e. The van der Waals surface area contributed by atoms with Gasteiger partial charge in [-0.1, -0.05) is 36.5 Å². The van der Waals surface area contributed by atoms with Gasteiger partial charge in [-0.05, 0) is 30.2 Å². The number of rotatable bonds is 6. The second kappa shape index (κ2) is 7.62. The van der Waals surface area contributed by atoms with Gasteiger partial charge in [0, 0.05) is 16.6 Å². The van der Waals surface area contributed by atoms with Gasteiger partial charge in [0.1, 0.15) is 0 Å².